The fourth-order valence-corrected chi connectivity index (χ4v) is 4.92. The highest BCUT2D eigenvalue weighted by atomic mass is 16.5. The van der Waals surface area contributed by atoms with Crippen LogP contribution in [0.4, 0.5) is 0 Å². The number of rotatable bonds is 4. The van der Waals surface area contributed by atoms with Gasteiger partial charge in [0.25, 0.3) is 0 Å². The van der Waals surface area contributed by atoms with Gasteiger partial charge in [-0.1, -0.05) is 19.8 Å². The zero-order chi connectivity index (χ0) is 18.6. The molecule has 26 heavy (non-hydrogen) atoms. The van der Waals surface area contributed by atoms with E-state index in [4.69, 9.17) is 9.47 Å². The van der Waals surface area contributed by atoms with E-state index in [9.17, 15) is 0 Å². The molecule has 0 aromatic heterocycles. The summed E-state index contributed by atoms with van der Waals surface area (Å²) in [4.78, 5) is 9.36. The molecule has 3 aliphatic rings. The van der Waals surface area contributed by atoms with Crippen molar-refractivity contribution in [2.45, 2.75) is 63.2 Å². The largest absolute Gasteiger partial charge is 0.375 e. The van der Waals surface area contributed by atoms with E-state index in [0.29, 0.717) is 0 Å². The molecule has 0 bridgehead atoms. The van der Waals surface area contributed by atoms with Gasteiger partial charge in [-0.05, 0) is 45.7 Å². The molecule has 4 atom stereocenters. The molecule has 6 heteroatoms. The SMILES string of the molecule is CN=C(NCC1(N(C)C)CCCC(C)C1)N1CCOC(C2CCCO2)C1. The molecule has 0 spiro atoms. The van der Waals surface area contributed by atoms with Crippen molar-refractivity contribution in [3.8, 4) is 0 Å². The monoisotopic (exact) mass is 366 g/mol. The van der Waals surface area contributed by atoms with Crippen LogP contribution in [0.2, 0.25) is 0 Å². The van der Waals surface area contributed by atoms with E-state index >= 15 is 0 Å². The van der Waals surface area contributed by atoms with Crippen LogP contribution in [-0.4, -0.2) is 87.5 Å². The first-order chi connectivity index (χ1) is 12.5. The fraction of sp³-hybridized carbons (Fsp3) is 0.950. The molecule has 2 aliphatic heterocycles. The quantitative estimate of drug-likeness (QED) is 0.609. The van der Waals surface area contributed by atoms with E-state index < -0.39 is 0 Å². The highest BCUT2D eigenvalue weighted by Gasteiger charge is 2.38. The maximum absolute atomic E-state index is 6.00. The molecule has 0 aromatic rings. The topological polar surface area (TPSA) is 49.3 Å². The van der Waals surface area contributed by atoms with Gasteiger partial charge < -0.3 is 24.6 Å². The molecule has 1 aliphatic carbocycles. The van der Waals surface area contributed by atoms with Crippen LogP contribution in [0.3, 0.4) is 0 Å². The Hall–Kier alpha value is -0.850. The summed E-state index contributed by atoms with van der Waals surface area (Å²) in [6.45, 7) is 6.74. The molecule has 4 unspecified atom stereocenters. The van der Waals surface area contributed by atoms with E-state index in [1.807, 2.05) is 7.05 Å². The van der Waals surface area contributed by atoms with Crippen molar-refractivity contribution < 1.29 is 9.47 Å². The third-order valence-corrected chi connectivity index (χ3v) is 6.58. The van der Waals surface area contributed by atoms with E-state index in [1.54, 1.807) is 0 Å². The van der Waals surface area contributed by atoms with Crippen molar-refractivity contribution in [3.63, 3.8) is 0 Å². The third-order valence-electron chi connectivity index (χ3n) is 6.58. The van der Waals surface area contributed by atoms with Gasteiger partial charge in [0.05, 0.1) is 12.7 Å². The number of hydrogen-bond donors (Lipinski definition) is 1. The molecule has 0 radical (unpaired) electrons. The van der Waals surface area contributed by atoms with Crippen LogP contribution in [0.5, 0.6) is 0 Å². The van der Waals surface area contributed by atoms with E-state index in [2.05, 4.69) is 41.1 Å². The van der Waals surface area contributed by atoms with Gasteiger partial charge in [-0.3, -0.25) is 4.99 Å². The van der Waals surface area contributed by atoms with Crippen LogP contribution in [0, 0.1) is 5.92 Å². The number of guanidine groups is 1. The predicted molar refractivity (Wildman–Crippen MR) is 106 cm³/mol. The summed E-state index contributed by atoms with van der Waals surface area (Å²) in [7, 11) is 6.35. The van der Waals surface area contributed by atoms with Gasteiger partial charge in [0, 0.05) is 38.8 Å². The molecule has 2 heterocycles. The summed E-state index contributed by atoms with van der Waals surface area (Å²) >= 11 is 0. The number of nitrogens with zero attached hydrogens (tertiary/aromatic N) is 3. The van der Waals surface area contributed by atoms with Crippen LogP contribution in [0.25, 0.3) is 0 Å². The zero-order valence-electron chi connectivity index (χ0n) is 17.2. The Morgan fingerprint density at radius 2 is 2.00 bits per heavy atom. The zero-order valence-corrected chi connectivity index (χ0v) is 17.2. The summed E-state index contributed by atoms with van der Waals surface area (Å²) in [5, 5.41) is 3.70. The molecular formula is C20H38N4O2. The summed E-state index contributed by atoms with van der Waals surface area (Å²) in [5.41, 5.74) is 0.230. The lowest BCUT2D eigenvalue weighted by molar-refractivity contribution is -0.0818. The van der Waals surface area contributed by atoms with Crippen molar-refractivity contribution in [2.75, 3.05) is 54.0 Å². The van der Waals surface area contributed by atoms with E-state index in [1.165, 1.54) is 25.7 Å². The number of aliphatic imine (C=N–C) groups is 1. The Labute approximate surface area is 159 Å². The predicted octanol–water partition coefficient (Wildman–Crippen LogP) is 1.95. The number of morpholine rings is 1. The van der Waals surface area contributed by atoms with Gasteiger partial charge in [0.1, 0.15) is 6.10 Å². The van der Waals surface area contributed by atoms with Gasteiger partial charge in [0.15, 0.2) is 5.96 Å². The Kier molecular flexibility index (Phi) is 6.81. The third kappa shape index (κ3) is 4.52. The maximum atomic E-state index is 6.00. The molecule has 1 N–H and O–H groups in total. The normalized spacial score (nSPS) is 36.6. The Morgan fingerprint density at radius 3 is 2.65 bits per heavy atom. The first-order valence-electron chi connectivity index (χ1n) is 10.4. The molecule has 150 valence electrons. The summed E-state index contributed by atoms with van der Waals surface area (Å²) in [5.74, 6) is 1.80. The fourth-order valence-electron chi connectivity index (χ4n) is 4.92. The van der Waals surface area contributed by atoms with Gasteiger partial charge in [-0.25, -0.2) is 0 Å². The average molecular weight is 367 g/mol. The molecule has 1 saturated carbocycles. The van der Waals surface area contributed by atoms with Gasteiger partial charge in [-0.15, -0.1) is 0 Å². The van der Waals surface area contributed by atoms with Crippen LogP contribution in [-0.2, 0) is 9.47 Å². The van der Waals surface area contributed by atoms with E-state index in [0.717, 1.165) is 57.6 Å². The number of ether oxygens (including phenoxy) is 2. The minimum absolute atomic E-state index is 0.169. The minimum atomic E-state index is 0.169. The Morgan fingerprint density at radius 1 is 1.19 bits per heavy atom. The van der Waals surface area contributed by atoms with E-state index in [-0.39, 0.29) is 17.7 Å². The van der Waals surface area contributed by atoms with Crippen molar-refractivity contribution in [2.24, 2.45) is 10.9 Å². The lowest BCUT2D eigenvalue weighted by Gasteiger charge is -2.46. The average Bonchev–Trinajstić information content (AvgIpc) is 3.17. The Balaban J connectivity index is 1.59. The molecule has 0 amide bonds. The highest BCUT2D eigenvalue weighted by Crippen LogP contribution is 2.35. The highest BCUT2D eigenvalue weighted by molar-refractivity contribution is 5.80. The summed E-state index contributed by atoms with van der Waals surface area (Å²) in [6.07, 6.45) is 7.88. The van der Waals surface area contributed by atoms with Gasteiger partial charge in [0.2, 0.25) is 0 Å². The maximum Gasteiger partial charge on any atom is 0.193 e. The minimum Gasteiger partial charge on any atom is -0.375 e. The first kappa shape index (κ1) is 19.9. The summed E-state index contributed by atoms with van der Waals surface area (Å²) in [6, 6.07) is 0. The number of hydrogen-bond acceptors (Lipinski definition) is 4. The van der Waals surface area contributed by atoms with Crippen molar-refractivity contribution in [1.29, 1.82) is 0 Å². The second kappa shape index (κ2) is 8.89. The molecule has 2 saturated heterocycles. The van der Waals surface area contributed by atoms with Gasteiger partial charge >= 0.3 is 0 Å². The molecule has 3 rings (SSSR count). The van der Waals surface area contributed by atoms with Crippen LogP contribution >= 0.6 is 0 Å². The second-order valence-corrected chi connectivity index (χ2v) is 8.63. The number of likely N-dealkylation sites (N-methyl/N-ethyl adjacent to an activating group) is 1. The Bertz CT molecular complexity index is 478. The van der Waals surface area contributed by atoms with Crippen LogP contribution in [0.1, 0.15) is 45.4 Å². The smallest absolute Gasteiger partial charge is 0.193 e. The molecule has 3 fully saturated rings. The second-order valence-electron chi connectivity index (χ2n) is 8.63. The standard InChI is InChI=1S/C20H38N4O2/c1-16-7-5-9-20(13-16,23(3)4)15-22-19(21-2)24-10-12-26-18(14-24)17-8-6-11-25-17/h16-18H,5-15H2,1-4H3,(H,21,22). The molecular weight excluding hydrogens is 328 g/mol. The van der Waals surface area contributed by atoms with Crippen LogP contribution < -0.4 is 5.32 Å². The van der Waals surface area contributed by atoms with Crippen molar-refractivity contribution in [3.05, 3.63) is 0 Å². The van der Waals surface area contributed by atoms with Crippen molar-refractivity contribution >= 4 is 5.96 Å². The molecule has 0 aromatic carbocycles. The molecule has 6 nitrogen and oxygen atoms in total. The van der Waals surface area contributed by atoms with Crippen molar-refractivity contribution in [1.82, 2.24) is 15.1 Å². The van der Waals surface area contributed by atoms with Gasteiger partial charge in [-0.2, -0.15) is 0 Å². The summed E-state index contributed by atoms with van der Waals surface area (Å²) < 4.78 is 11.8. The number of nitrogens with one attached hydrogen (secondary N) is 1. The van der Waals surface area contributed by atoms with Crippen LogP contribution in [0.15, 0.2) is 4.99 Å². The lowest BCUT2D eigenvalue weighted by atomic mass is 9.75. The first-order valence-corrected chi connectivity index (χ1v) is 10.4. The lowest BCUT2D eigenvalue weighted by Crippen LogP contribution is -2.59.